The largest absolute Gasteiger partial charge is 0.494 e. The molecule has 21 heavy (non-hydrogen) atoms. The van der Waals surface area contributed by atoms with Crippen LogP contribution in [-0.2, 0) is 6.42 Å². The number of ether oxygens (including phenoxy) is 1. The summed E-state index contributed by atoms with van der Waals surface area (Å²) in [5.74, 6) is 0.806. The van der Waals surface area contributed by atoms with Gasteiger partial charge in [-0.2, -0.15) is 5.26 Å². The van der Waals surface area contributed by atoms with Gasteiger partial charge in [0.1, 0.15) is 11.8 Å². The highest BCUT2D eigenvalue weighted by molar-refractivity contribution is 5.33. The molecule has 2 rings (SSSR count). The van der Waals surface area contributed by atoms with Crippen LogP contribution in [0.2, 0.25) is 0 Å². The first-order valence-electron chi connectivity index (χ1n) is 7.23. The van der Waals surface area contributed by atoms with Crippen LogP contribution in [0, 0.1) is 11.3 Å². The van der Waals surface area contributed by atoms with E-state index in [1.54, 1.807) is 0 Å². The molecule has 3 heteroatoms. The summed E-state index contributed by atoms with van der Waals surface area (Å²) < 4.78 is 5.48. The quantitative estimate of drug-likeness (QED) is 0.844. The van der Waals surface area contributed by atoms with Crippen LogP contribution in [0.25, 0.3) is 0 Å². The van der Waals surface area contributed by atoms with E-state index in [2.05, 4.69) is 23.5 Å². The first kappa shape index (κ1) is 15.1. The van der Waals surface area contributed by atoms with Crippen molar-refractivity contribution < 1.29 is 4.74 Å². The summed E-state index contributed by atoms with van der Waals surface area (Å²) in [4.78, 5) is 0. The average Bonchev–Trinajstić information content (AvgIpc) is 2.53. The molecule has 1 N–H and O–H groups in total. The van der Waals surface area contributed by atoms with Crippen molar-refractivity contribution in [1.82, 2.24) is 5.32 Å². The highest BCUT2D eigenvalue weighted by Gasteiger charge is 2.10. The summed E-state index contributed by atoms with van der Waals surface area (Å²) >= 11 is 0. The summed E-state index contributed by atoms with van der Waals surface area (Å²) in [6.07, 6.45) is 0.907. The molecule has 3 nitrogen and oxygen atoms in total. The van der Waals surface area contributed by atoms with Crippen LogP contribution in [0.3, 0.4) is 0 Å². The van der Waals surface area contributed by atoms with E-state index in [9.17, 15) is 5.26 Å². The van der Waals surface area contributed by atoms with Gasteiger partial charge in [0.25, 0.3) is 0 Å². The molecule has 0 aliphatic carbocycles. The maximum atomic E-state index is 9.34. The number of hydrogen-bond acceptors (Lipinski definition) is 3. The van der Waals surface area contributed by atoms with Crippen molar-refractivity contribution in [1.29, 1.82) is 5.26 Å². The van der Waals surface area contributed by atoms with Crippen molar-refractivity contribution in [3.63, 3.8) is 0 Å². The van der Waals surface area contributed by atoms with Gasteiger partial charge in [-0.15, -0.1) is 0 Å². The van der Waals surface area contributed by atoms with Gasteiger partial charge in [-0.25, -0.2) is 0 Å². The Labute approximate surface area is 126 Å². The summed E-state index contributed by atoms with van der Waals surface area (Å²) in [6.45, 7) is 3.34. The molecule has 0 aromatic heterocycles. The first-order valence-corrected chi connectivity index (χ1v) is 7.23. The molecular weight excluding hydrogens is 260 g/mol. The minimum atomic E-state index is -0.311. The van der Waals surface area contributed by atoms with Gasteiger partial charge in [0.2, 0.25) is 0 Å². The van der Waals surface area contributed by atoms with Gasteiger partial charge >= 0.3 is 0 Å². The molecule has 0 heterocycles. The zero-order valence-corrected chi connectivity index (χ0v) is 12.3. The highest BCUT2D eigenvalue weighted by Crippen LogP contribution is 2.19. The Kier molecular flexibility index (Phi) is 5.81. The predicted octanol–water partition coefficient (Wildman–Crippen LogP) is 3.48. The Morgan fingerprint density at radius 2 is 1.95 bits per heavy atom. The van der Waals surface area contributed by atoms with E-state index in [-0.39, 0.29) is 6.04 Å². The third-order valence-corrected chi connectivity index (χ3v) is 3.24. The second kappa shape index (κ2) is 8.08. The minimum absolute atomic E-state index is 0.311. The number of rotatable bonds is 7. The van der Waals surface area contributed by atoms with E-state index < -0.39 is 0 Å². The second-order valence-electron chi connectivity index (χ2n) is 4.76. The molecule has 0 bridgehead atoms. The van der Waals surface area contributed by atoms with Crippen LogP contribution >= 0.6 is 0 Å². The van der Waals surface area contributed by atoms with Crippen LogP contribution in [-0.4, -0.2) is 13.2 Å². The van der Waals surface area contributed by atoms with Crippen LogP contribution < -0.4 is 10.1 Å². The third-order valence-electron chi connectivity index (χ3n) is 3.24. The Bertz CT molecular complexity index is 590. The molecule has 0 spiro atoms. The second-order valence-corrected chi connectivity index (χ2v) is 4.76. The molecule has 0 aliphatic heterocycles. The van der Waals surface area contributed by atoms with Gasteiger partial charge in [0.05, 0.1) is 12.7 Å². The number of nitrogens with one attached hydrogen (secondary N) is 1. The van der Waals surface area contributed by atoms with Crippen LogP contribution in [0.5, 0.6) is 5.75 Å². The molecule has 1 unspecified atom stereocenters. The van der Waals surface area contributed by atoms with Gasteiger partial charge in [0.15, 0.2) is 0 Å². The number of nitrogens with zero attached hydrogens (tertiary/aromatic N) is 1. The molecule has 0 radical (unpaired) electrons. The van der Waals surface area contributed by atoms with E-state index in [0.29, 0.717) is 6.61 Å². The smallest absolute Gasteiger partial charge is 0.121 e. The lowest BCUT2D eigenvalue weighted by Crippen LogP contribution is -2.22. The van der Waals surface area contributed by atoms with Crippen molar-refractivity contribution in [2.75, 3.05) is 13.2 Å². The van der Waals surface area contributed by atoms with E-state index in [4.69, 9.17) is 4.74 Å². The molecule has 0 saturated carbocycles. The van der Waals surface area contributed by atoms with Crippen molar-refractivity contribution >= 4 is 0 Å². The predicted molar refractivity (Wildman–Crippen MR) is 84.1 cm³/mol. The Hall–Kier alpha value is -2.31. The lowest BCUT2D eigenvalue weighted by atomic mass is 10.1. The van der Waals surface area contributed by atoms with Gasteiger partial charge in [0, 0.05) is 6.54 Å². The molecule has 2 aromatic rings. The molecule has 2 aromatic carbocycles. The van der Waals surface area contributed by atoms with Gasteiger partial charge in [-0.1, -0.05) is 42.5 Å². The molecule has 0 saturated heterocycles. The lowest BCUT2D eigenvalue weighted by molar-refractivity contribution is 0.339. The van der Waals surface area contributed by atoms with Crippen molar-refractivity contribution in [2.45, 2.75) is 19.4 Å². The summed E-state index contributed by atoms with van der Waals surface area (Å²) in [6, 6.07) is 20.0. The SMILES string of the molecule is CCOc1cccc(C(C#N)NCCc2ccccc2)c1. The number of benzene rings is 2. The summed E-state index contributed by atoms with van der Waals surface area (Å²) in [5, 5.41) is 12.6. The lowest BCUT2D eigenvalue weighted by Gasteiger charge is -2.13. The minimum Gasteiger partial charge on any atom is -0.494 e. The molecule has 1 atom stereocenters. The summed E-state index contributed by atoms with van der Waals surface area (Å²) in [7, 11) is 0. The van der Waals surface area contributed by atoms with E-state index >= 15 is 0 Å². The van der Waals surface area contributed by atoms with Gasteiger partial charge < -0.3 is 4.74 Å². The van der Waals surface area contributed by atoms with Gasteiger partial charge in [-0.3, -0.25) is 5.32 Å². The van der Waals surface area contributed by atoms with Crippen molar-refractivity contribution in [3.8, 4) is 11.8 Å². The molecule has 108 valence electrons. The average molecular weight is 280 g/mol. The maximum Gasteiger partial charge on any atom is 0.121 e. The maximum absolute atomic E-state index is 9.34. The van der Waals surface area contributed by atoms with E-state index in [1.807, 2.05) is 49.4 Å². The number of nitriles is 1. The molecule has 0 amide bonds. The molecule has 0 fully saturated rings. The van der Waals surface area contributed by atoms with Crippen molar-refractivity contribution in [3.05, 3.63) is 65.7 Å². The zero-order valence-electron chi connectivity index (χ0n) is 12.3. The van der Waals surface area contributed by atoms with Crippen LogP contribution in [0.15, 0.2) is 54.6 Å². The fourth-order valence-corrected chi connectivity index (χ4v) is 2.19. The Morgan fingerprint density at radius 1 is 1.14 bits per heavy atom. The fourth-order valence-electron chi connectivity index (χ4n) is 2.19. The monoisotopic (exact) mass is 280 g/mol. The Morgan fingerprint density at radius 3 is 2.67 bits per heavy atom. The fraction of sp³-hybridized carbons (Fsp3) is 0.278. The highest BCUT2D eigenvalue weighted by atomic mass is 16.5. The molecular formula is C18H20N2O. The van der Waals surface area contributed by atoms with E-state index in [1.165, 1.54) is 5.56 Å². The van der Waals surface area contributed by atoms with Crippen LogP contribution in [0.4, 0.5) is 0 Å². The van der Waals surface area contributed by atoms with Crippen molar-refractivity contribution in [2.24, 2.45) is 0 Å². The first-order chi connectivity index (χ1) is 10.3. The zero-order chi connectivity index (χ0) is 14.9. The standard InChI is InChI=1S/C18H20N2O/c1-2-21-17-10-6-9-16(13-17)18(14-19)20-12-11-15-7-4-3-5-8-15/h3-10,13,18,20H,2,11-12H2,1H3. The summed E-state index contributed by atoms with van der Waals surface area (Å²) in [5.41, 5.74) is 2.21. The normalized spacial score (nSPS) is 11.6. The Balaban J connectivity index is 1.94. The third kappa shape index (κ3) is 4.62. The topological polar surface area (TPSA) is 45.0 Å². The molecule has 0 aliphatic rings. The van der Waals surface area contributed by atoms with E-state index in [0.717, 1.165) is 24.3 Å². The number of hydrogen-bond donors (Lipinski definition) is 1. The van der Waals surface area contributed by atoms with Gasteiger partial charge in [-0.05, 0) is 36.6 Å². The van der Waals surface area contributed by atoms with Crippen LogP contribution in [0.1, 0.15) is 24.1 Å².